The standard InChI is InChI=1S/C15H14F3NO5/c1-7(20)24-14-11(17)8(5-10(16)12(14)18)13(21)9(6-19(2)3)15(22)23-4/h5-6H,1-4H3. The molecule has 0 spiro atoms. The van der Waals surface area contributed by atoms with Gasteiger partial charge >= 0.3 is 11.9 Å². The van der Waals surface area contributed by atoms with Gasteiger partial charge in [0, 0.05) is 27.2 Å². The van der Waals surface area contributed by atoms with E-state index in [1.54, 1.807) is 0 Å². The highest BCUT2D eigenvalue weighted by Gasteiger charge is 2.29. The fourth-order valence-electron chi connectivity index (χ4n) is 1.70. The van der Waals surface area contributed by atoms with Crippen LogP contribution in [0.25, 0.3) is 0 Å². The SMILES string of the molecule is COC(=O)C(=CN(C)C)C(=O)c1cc(F)c(F)c(OC(C)=O)c1F. The Bertz CT molecular complexity index is 728. The summed E-state index contributed by atoms with van der Waals surface area (Å²) in [4.78, 5) is 36.2. The molecular weight excluding hydrogens is 331 g/mol. The Labute approximate surface area is 135 Å². The molecule has 0 saturated carbocycles. The molecule has 0 radical (unpaired) electrons. The van der Waals surface area contributed by atoms with Crippen LogP contribution in [0.1, 0.15) is 17.3 Å². The third-order valence-corrected chi connectivity index (χ3v) is 2.64. The Morgan fingerprint density at radius 3 is 2.17 bits per heavy atom. The van der Waals surface area contributed by atoms with Crippen molar-refractivity contribution in [3.05, 3.63) is 40.9 Å². The number of halogens is 3. The maximum atomic E-state index is 14.3. The van der Waals surface area contributed by atoms with E-state index in [2.05, 4.69) is 9.47 Å². The van der Waals surface area contributed by atoms with Gasteiger partial charge in [0.2, 0.25) is 17.3 Å². The fourth-order valence-corrected chi connectivity index (χ4v) is 1.70. The molecule has 0 aromatic heterocycles. The quantitative estimate of drug-likeness (QED) is 0.154. The Morgan fingerprint density at radius 2 is 1.71 bits per heavy atom. The number of benzene rings is 1. The molecule has 0 atom stereocenters. The van der Waals surface area contributed by atoms with Crippen molar-refractivity contribution in [3.8, 4) is 5.75 Å². The van der Waals surface area contributed by atoms with Crippen LogP contribution in [-0.2, 0) is 14.3 Å². The number of esters is 2. The lowest BCUT2D eigenvalue weighted by Crippen LogP contribution is -2.20. The minimum atomic E-state index is -1.77. The van der Waals surface area contributed by atoms with Gasteiger partial charge in [-0.2, -0.15) is 4.39 Å². The molecule has 130 valence electrons. The zero-order valence-corrected chi connectivity index (χ0v) is 13.3. The average Bonchev–Trinajstić information content (AvgIpc) is 2.50. The van der Waals surface area contributed by atoms with Crippen LogP contribution < -0.4 is 4.74 Å². The van der Waals surface area contributed by atoms with Crippen molar-refractivity contribution in [1.29, 1.82) is 0 Å². The average molecular weight is 345 g/mol. The molecule has 0 amide bonds. The molecule has 0 heterocycles. The first kappa shape index (κ1) is 19.2. The third kappa shape index (κ3) is 4.12. The van der Waals surface area contributed by atoms with Gasteiger partial charge in [0.25, 0.3) is 0 Å². The van der Waals surface area contributed by atoms with E-state index in [4.69, 9.17) is 0 Å². The third-order valence-electron chi connectivity index (χ3n) is 2.64. The highest BCUT2D eigenvalue weighted by molar-refractivity contribution is 6.24. The summed E-state index contributed by atoms with van der Waals surface area (Å²) in [6.45, 7) is 0.844. The van der Waals surface area contributed by atoms with Gasteiger partial charge < -0.3 is 14.4 Å². The number of rotatable bonds is 5. The van der Waals surface area contributed by atoms with Crippen LogP contribution in [0.2, 0.25) is 0 Å². The number of hydrogen-bond donors (Lipinski definition) is 0. The highest BCUT2D eigenvalue weighted by Crippen LogP contribution is 2.29. The van der Waals surface area contributed by atoms with Crippen molar-refractivity contribution >= 4 is 17.7 Å². The molecule has 0 bridgehead atoms. The lowest BCUT2D eigenvalue weighted by atomic mass is 10.0. The van der Waals surface area contributed by atoms with Crippen molar-refractivity contribution in [3.63, 3.8) is 0 Å². The number of Topliss-reactive ketones (excluding diaryl/α,β-unsaturated/α-hetero) is 1. The largest absolute Gasteiger partial charge is 0.465 e. The minimum absolute atomic E-state index is 0.270. The van der Waals surface area contributed by atoms with Crippen LogP contribution in [0, 0.1) is 17.5 Å². The number of nitrogens with zero attached hydrogens (tertiary/aromatic N) is 1. The molecule has 6 nitrogen and oxygen atoms in total. The first-order valence-electron chi connectivity index (χ1n) is 6.47. The zero-order chi connectivity index (χ0) is 18.6. The first-order valence-corrected chi connectivity index (χ1v) is 6.47. The topological polar surface area (TPSA) is 72.9 Å². The van der Waals surface area contributed by atoms with Crippen LogP contribution in [0.3, 0.4) is 0 Å². The van der Waals surface area contributed by atoms with E-state index in [0.717, 1.165) is 20.2 Å². The highest BCUT2D eigenvalue weighted by atomic mass is 19.2. The number of ketones is 1. The molecule has 24 heavy (non-hydrogen) atoms. The Kier molecular flexibility index (Phi) is 6.10. The molecule has 0 saturated heterocycles. The molecular formula is C15H14F3NO5. The van der Waals surface area contributed by atoms with Gasteiger partial charge in [0.15, 0.2) is 11.6 Å². The Hall–Kier alpha value is -2.84. The van der Waals surface area contributed by atoms with Crippen LogP contribution in [0.15, 0.2) is 17.8 Å². The van der Waals surface area contributed by atoms with Crippen molar-refractivity contribution in [2.24, 2.45) is 0 Å². The minimum Gasteiger partial charge on any atom is -0.465 e. The maximum Gasteiger partial charge on any atom is 0.343 e. The van der Waals surface area contributed by atoms with Gasteiger partial charge in [-0.25, -0.2) is 13.6 Å². The number of carbonyl (C=O) groups is 3. The first-order chi connectivity index (χ1) is 11.1. The molecule has 0 N–H and O–H groups in total. The van der Waals surface area contributed by atoms with E-state index in [0.29, 0.717) is 0 Å². The number of carbonyl (C=O) groups excluding carboxylic acids is 3. The van der Waals surface area contributed by atoms with Crippen molar-refractivity contribution in [1.82, 2.24) is 4.90 Å². The number of ether oxygens (including phenoxy) is 2. The van der Waals surface area contributed by atoms with Gasteiger partial charge in [0.1, 0.15) is 5.57 Å². The second-order valence-electron chi connectivity index (χ2n) is 4.78. The molecule has 0 aliphatic heterocycles. The van der Waals surface area contributed by atoms with Gasteiger partial charge in [-0.3, -0.25) is 9.59 Å². The summed E-state index contributed by atoms with van der Waals surface area (Å²) in [5, 5.41) is 0. The molecule has 9 heteroatoms. The number of methoxy groups -OCH3 is 1. The van der Waals surface area contributed by atoms with E-state index >= 15 is 0 Å². The maximum absolute atomic E-state index is 14.3. The number of hydrogen-bond acceptors (Lipinski definition) is 6. The molecule has 0 fully saturated rings. The van der Waals surface area contributed by atoms with E-state index in [1.807, 2.05) is 0 Å². The van der Waals surface area contributed by atoms with Crippen LogP contribution >= 0.6 is 0 Å². The van der Waals surface area contributed by atoms with E-state index < -0.39 is 52.1 Å². The van der Waals surface area contributed by atoms with Gasteiger partial charge in [-0.15, -0.1) is 0 Å². The summed E-state index contributed by atoms with van der Waals surface area (Å²) in [6.07, 6.45) is 1.03. The predicted molar refractivity (Wildman–Crippen MR) is 75.7 cm³/mol. The Balaban J connectivity index is 3.54. The molecule has 1 aromatic rings. The summed E-state index contributed by atoms with van der Waals surface area (Å²) in [7, 11) is 3.94. The summed E-state index contributed by atoms with van der Waals surface area (Å²) < 4.78 is 50.2. The second-order valence-corrected chi connectivity index (χ2v) is 4.78. The van der Waals surface area contributed by atoms with Gasteiger partial charge in [0.05, 0.1) is 12.7 Å². The van der Waals surface area contributed by atoms with Gasteiger partial charge in [-0.05, 0) is 6.07 Å². The van der Waals surface area contributed by atoms with Crippen LogP contribution in [0.5, 0.6) is 5.75 Å². The summed E-state index contributed by atoms with van der Waals surface area (Å²) in [5.41, 5.74) is -1.61. The zero-order valence-electron chi connectivity index (χ0n) is 13.3. The fraction of sp³-hybridized carbons (Fsp3) is 0.267. The lowest BCUT2D eigenvalue weighted by molar-refractivity contribution is -0.136. The normalized spacial score (nSPS) is 11.0. The van der Waals surface area contributed by atoms with Crippen LogP contribution in [-0.4, -0.2) is 43.8 Å². The second kappa shape index (κ2) is 7.62. The molecule has 1 rings (SSSR count). The van der Waals surface area contributed by atoms with Crippen molar-refractivity contribution < 1.29 is 37.0 Å². The molecule has 0 aliphatic rings. The smallest absolute Gasteiger partial charge is 0.343 e. The van der Waals surface area contributed by atoms with E-state index in [9.17, 15) is 27.6 Å². The Morgan fingerprint density at radius 1 is 1.12 bits per heavy atom. The predicted octanol–water partition coefficient (Wildman–Crippen LogP) is 1.83. The lowest BCUT2D eigenvalue weighted by Gasteiger charge is -2.12. The molecule has 0 aliphatic carbocycles. The van der Waals surface area contributed by atoms with E-state index in [1.165, 1.54) is 19.0 Å². The van der Waals surface area contributed by atoms with Gasteiger partial charge in [-0.1, -0.05) is 0 Å². The molecule has 0 unspecified atom stereocenters. The summed E-state index contributed by atoms with van der Waals surface area (Å²) in [6, 6.07) is 0.270. The van der Waals surface area contributed by atoms with E-state index in [-0.39, 0.29) is 6.07 Å². The molecule has 1 aromatic carbocycles. The van der Waals surface area contributed by atoms with Crippen LogP contribution in [0.4, 0.5) is 13.2 Å². The summed E-state index contributed by atoms with van der Waals surface area (Å²) >= 11 is 0. The monoisotopic (exact) mass is 345 g/mol. The summed E-state index contributed by atoms with van der Waals surface area (Å²) in [5.74, 6) is -9.84. The van der Waals surface area contributed by atoms with Crippen molar-refractivity contribution in [2.45, 2.75) is 6.92 Å². The van der Waals surface area contributed by atoms with Crippen molar-refractivity contribution in [2.75, 3.05) is 21.2 Å².